The zero-order chi connectivity index (χ0) is 21.4. The molecule has 1 N–H and O–H groups in total. The number of aryl methyl sites for hydroxylation is 1. The molecular formula is C23H22N4O4. The Bertz CT molecular complexity index is 1360. The van der Waals surface area contributed by atoms with Crippen molar-refractivity contribution in [2.75, 3.05) is 18.5 Å². The van der Waals surface area contributed by atoms with Crippen molar-refractivity contribution in [1.29, 1.82) is 0 Å². The largest absolute Gasteiger partial charge is 0.486 e. The molecule has 4 aromatic rings. The van der Waals surface area contributed by atoms with Gasteiger partial charge in [0.1, 0.15) is 25.3 Å². The molecular weight excluding hydrogens is 396 g/mol. The molecule has 2 aromatic heterocycles. The molecule has 0 spiro atoms. The van der Waals surface area contributed by atoms with E-state index in [2.05, 4.69) is 17.3 Å². The average molecular weight is 418 g/mol. The van der Waals surface area contributed by atoms with Crippen LogP contribution in [0.4, 0.5) is 5.69 Å². The number of ether oxygens (including phenoxy) is 2. The lowest BCUT2D eigenvalue weighted by Crippen LogP contribution is -2.30. The molecule has 1 aliphatic rings. The Morgan fingerprint density at radius 1 is 1.10 bits per heavy atom. The van der Waals surface area contributed by atoms with Crippen LogP contribution in [0.2, 0.25) is 0 Å². The van der Waals surface area contributed by atoms with E-state index in [9.17, 15) is 9.59 Å². The van der Waals surface area contributed by atoms with Gasteiger partial charge in [0.05, 0.1) is 6.20 Å². The normalized spacial score (nSPS) is 12.9. The van der Waals surface area contributed by atoms with E-state index in [1.54, 1.807) is 24.4 Å². The number of amides is 1. The first kappa shape index (κ1) is 19.2. The Kier molecular flexibility index (Phi) is 4.82. The van der Waals surface area contributed by atoms with Gasteiger partial charge in [0.15, 0.2) is 11.5 Å². The van der Waals surface area contributed by atoms with Crippen LogP contribution in [0, 0.1) is 0 Å². The van der Waals surface area contributed by atoms with Crippen molar-refractivity contribution in [2.24, 2.45) is 0 Å². The molecule has 8 nitrogen and oxygen atoms in total. The lowest BCUT2D eigenvalue weighted by Gasteiger charge is -2.19. The molecule has 2 aromatic carbocycles. The number of fused-ring (bicyclic) bond motifs is 4. The van der Waals surface area contributed by atoms with Gasteiger partial charge in [-0.3, -0.25) is 9.59 Å². The molecule has 0 fully saturated rings. The number of benzene rings is 2. The molecule has 0 aliphatic carbocycles. The summed E-state index contributed by atoms with van der Waals surface area (Å²) in [6.07, 6.45) is 2.56. The number of para-hydroxylation sites is 1. The van der Waals surface area contributed by atoms with E-state index in [1.807, 2.05) is 28.8 Å². The van der Waals surface area contributed by atoms with Crippen molar-refractivity contribution < 1.29 is 14.3 Å². The molecule has 3 heterocycles. The maximum absolute atomic E-state index is 13.2. The SMILES string of the molecule is CCCn1c2ccccc2c2cnn(CC(=O)Nc3ccc4c(c3)OCCO4)c(=O)c21. The number of carbonyl (C=O) groups excluding carboxylic acids is 1. The zero-order valence-corrected chi connectivity index (χ0v) is 17.1. The molecule has 0 atom stereocenters. The first-order valence-electron chi connectivity index (χ1n) is 10.3. The van der Waals surface area contributed by atoms with Crippen LogP contribution in [-0.2, 0) is 17.9 Å². The fraction of sp³-hybridized carbons (Fsp3) is 0.261. The summed E-state index contributed by atoms with van der Waals surface area (Å²) in [6, 6.07) is 13.1. The number of anilines is 1. The van der Waals surface area contributed by atoms with Crippen LogP contribution < -0.4 is 20.3 Å². The summed E-state index contributed by atoms with van der Waals surface area (Å²) in [5.74, 6) is 0.893. The van der Waals surface area contributed by atoms with Crippen molar-refractivity contribution in [1.82, 2.24) is 14.3 Å². The predicted octanol–water partition coefficient (Wildman–Crippen LogP) is 3.17. The lowest BCUT2D eigenvalue weighted by atomic mass is 10.2. The summed E-state index contributed by atoms with van der Waals surface area (Å²) in [5, 5.41) is 8.86. The molecule has 8 heteroatoms. The van der Waals surface area contributed by atoms with Crippen molar-refractivity contribution >= 4 is 33.4 Å². The van der Waals surface area contributed by atoms with E-state index in [4.69, 9.17) is 9.47 Å². The third kappa shape index (κ3) is 3.39. The van der Waals surface area contributed by atoms with Gasteiger partial charge in [-0.05, 0) is 24.6 Å². The van der Waals surface area contributed by atoms with Gasteiger partial charge in [-0.25, -0.2) is 4.68 Å². The molecule has 158 valence electrons. The molecule has 1 amide bonds. The fourth-order valence-electron chi connectivity index (χ4n) is 4.02. The van der Waals surface area contributed by atoms with Crippen molar-refractivity contribution in [2.45, 2.75) is 26.4 Å². The number of hydrogen-bond acceptors (Lipinski definition) is 5. The Morgan fingerprint density at radius 2 is 1.90 bits per heavy atom. The summed E-state index contributed by atoms with van der Waals surface area (Å²) in [6.45, 7) is 3.57. The molecule has 0 radical (unpaired) electrons. The molecule has 0 unspecified atom stereocenters. The predicted molar refractivity (Wildman–Crippen MR) is 118 cm³/mol. The minimum Gasteiger partial charge on any atom is -0.486 e. The zero-order valence-electron chi connectivity index (χ0n) is 17.1. The highest BCUT2D eigenvalue weighted by molar-refractivity contribution is 6.07. The van der Waals surface area contributed by atoms with Crippen LogP contribution >= 0.6 is 0 Å². The number of nitrogens with zero attached hydrogens (tertiary/aromatic N) is 3. The quantitative estimate of drug-likeness (QED) is 0.538. The summed E-state index contributed by atoms with van der Waals surface area (Å²) in [5.41, 5.74) is 1.87. The number of carbonyl (C=O) groups is 1. The summed E-state index contributed by atoms with van der Waals surface area (Å²) >= 11 is 0. The van der Waals surface area contributed by atoms with Gasteiger partial charge >= 0.3 is 0 Å². The van der Waals surface area contributed by atoms with Gasteiger partial charge in [0, 0.05) is 34.6 Å². The van der Waals surface area contributed by atoms with Crippen LogP contribution in [0.3, 0.4) is 0 Å². The minimum atomic E-state index is -0.344. The van der Waals surface area contributed by atoms with Gasteiger partial charge in [0.25, 0.3) is 5.56 Å². The number of nitrogens with one attached hydrogen (secondary N) is 1. The second kappa shape index (κ2) is 7.79. The molecule has 5 rings (SSSR count). The van der Waals surface area contributed by atoms with Gasteiger partial charge < -0.3 is 19.4 Å². The van der Waals surface area contributed by atoms with Crippen molar-refractivity contribution in [3.05, 3.63) is 59.0 Å². The number of hydrogen-bond donors (Lipinski definition) is 1. The summed E-state index contributed by atoms with van der Waals surface area (Å²) in [4.78, 5) is 25.9. The van der Waals surface area contributed by atoms with Crippen LogP contribution in [0.15, 0.2) is 53.5 Å². The van der Waals surface area contributed by atoms with Gasteiger partial charge in [-0.15, -0.1) is 0 Å². The Balaban J connectivity index is 1.46. The Labute approximate surface area is 178 Å². The smallest absolute Gasteiger partial charge is 0.291 e. The minimum absolute atomic E-state index is 0.184. The van der Waals surface area contributed by atoms with E-state index >= 15 is 0 Å². The topological polar surface area (TPSA) is 87.4 Å². The fourth-order valence-corrected chi connectivity index (χ4v) is 4.02. The van der Waals surface area contributed by atoms with E-state index in [0.717, 1.165) is 22.7 Å². The molecule has 31 heavy (non-hydrogen) atoms. The lowest BCUT2D eigenvalue weighted by molar-refractivity contribution is -0.117. The van der Waals surface area contributed by atoms with Gasteiger partial charge in [-0.1, -0.05) is 25.1 Å². The first-order valence-corrected chi connectivity index (χ1v) is 10.3. The van der Waals surface area contributed by atoms with Crippen LogP contribution in [0.25, 0.3) is 21.8 Å². The molecule has 0 saturated heterocycles. The maximum Gasteiger partial charge on any atom is 0.291 e. The standard InChI is InChI=1S/C23H22N4O4/c1-2-9-26-18-6-4-3-5-16(18)17-13-24-27(23(29)22(17)26)14-21(28)25-15-7-8-19-20(12-15)31-11-10-30-19/h3-8,12-13H,2,9-11,14H2,1H3,(H,25,28). The van der Waals surface area contributed by atoms with Gasteiger partial charge in [-0.2, -0.15) is 5.10 Å². The second-order valence-electron chi connectivity index (χ2n) is 7.45. The third-order valence-electron chi connectivity index (χ3n) is 5.34. The first-order chi connectivity index (χ1) is 15.2. The van der Waals surface area contributed by atoms with E-state index in [0.29, 0.717) is 42.5 Å². The third-order valence-corrected chi connectivity index (χ3v) is 5.34. The monoisotopic (exact) mass is 418 g/mol. The van der Waals surface area contributed by atoms with E-state index in [-0.39, 0.29) is 18.0 Å². The van der Waals surface area contributed by atoms with E-state index < -0.39 is 0 Å². The van der Waals surface area contributed by atoms with E-state index in [1.165, 1.54) is 4.68 Å². The molecule has 0 saturated carbocycles. The highest BCUT2D eigenvalue weighted by Crippen LogP contribution is 2.32. The molecule has 1 aliphatic heterocycles. The number of aromatic nitrogens is 3. The Morgan fingerprint density at radius 3 is 2.74 bits per heavy atom. The van der Waals surface area contributed by atoms with Crippen LogP contribution in [0.5, 0.6) is 11.5 Å². The van der Waals surface area contributed by atoms with Crippen LogP contribution in [0.1, 0.15) is 13.3 Å². The highest BCUT2D eigenvalue weighted by atomic mass is 16.6. The van der Waals surface area contributed by atoms with Gasteiger partial charge in [0.2, 0.25) is 5.91 Å². The Hall–Kier alpha value is -3.81. The summed E-state index contributed by atoms with van der Waals surface area (Å²) < 4.78 is 14.3. The van der Waals surface area contributed by atoms with Crippen molar-refractivity contribution in [3.8, 4) is 11.5 Å². The maximum atomic E-state index is 13.2. The summed E-state index contributed by atoms with van der Waals surface area (Å²) in [7, 11) is 0. The molecule has 0 bridgehead atoms. The average Bonchev–Trinajstić information content (AvgIpc) is 3.10. The van der Waals surface area contributed by atoms with Crippen LogP contribution in [-0.4, -0.2) is 33.5 Å². The highest BCUT2D eigenvalue weighted by Gasteiger charge is 2.17. The van der Waals surface area contributed by atoms with Crippen molar-refractivity contribution in [3.63, 3.8) is 0 Å². The number of rotatable bonds is 5. The second-order valence-corrected chi connectivity index (χ2v) is 7.45.